The predicted molar refractivity (Wildman–Crippen MR) is 100.0 cm³/mol. The smallest absolute Gasteiger partial charge is 0.162 e. The number of nitrogens with zero attached hydrogens (tertiary/aromatic N) is 1. The molecule has 0 heterocycles. The van der Waals surface area contributed by atoms with Gasteiger partial charge in [0.15, 0.2) is 11.5 Å². The summed E-state index contributed by atoms with van der Waals surface area (Å²) in [6, 6.07) is 9.34. The lowest BCUT2D eigenvalue weighted by molar-refractivity contribution is 0.347. The highest BCUT2D eigenvalue weighted by Crippen LogP contribution is 2.36. The van der Waals surface area contributed by atoms with Crippen LogP contribution in [0.2, 0.25) is 0 Å². The average Bonchev–Trinajstić information content (AvgIpc) is 2.50. The molecule has 2 aromatic carbocycles. The van der Waals surface area contributed by atoms with Gasteiger partial charge in [0.25, 0.3) is 0 Å². The summed E-state index contributed by atoms with van der Waals surface area (Å²) in [6.07, 6.45) is 3.86. The van der Waals surface area contributed by atoms with E-state index in [4.69, 9.17) is 0 Å². The van der Waals surface area contributed by atoms with Gasteiger partial charge in [0, 0.05) is 24.1 Å². The minimum atomic E-state index is -0.0799. The number of benzene rings is 2. The van der Waals surface area contributed by atoms with Crippen molar-refractivity contribution in [3.05, 3.63) is 48.0 Å². The molecule has 0 aliphatic heterocycles. The molecule has 0 bridgehead atoms. The number of likely N-dealkylation sites (N-methyl/N-ethyl adjacent to an activating group) is 1. The van der Waals surface area contributed by atoms with Gasteiger partial charge in [-0.1, -0.05) is 42.2 Å². The normalized spacial score (nSPS) is 11.9. The third-order valence-electron chi connectivity index (χ3n) is 3.60. The fourth-order valence-corrected chi connectivity index (χ4v) is 2.44. The number of allylic oxidation sites excluding steroid dienone is 1. The Kier molecular flexibility index (Phi) is 5.54. The number of rotatable bonds is 4. The van der Waals surface area contributed by atoms with Crippen LogP contribution in [0.25, 0.3) is 10.8 Å². The summed E-state index contributed by atoms with van der Waals surface area (Å²) in [4.78, 5) is 2.07. The maximum Gasteiger partial charge on any atom is 0.162 e. The van der Waals surface area contributed by atoms with Crippen molar-refractivity contribution < 1.29 is 10.2 Å². The van der Waals surface area contributed by atoms with Crippen LogP contribution in [0, 0.1) is 17.3 Å². The first-order valence-corrected chi connectivity index (χ1v) is 8.07. The van der Waals surface area contributed by atoms with Crippen molar-refractivity contribution in [2.75, 3.05) is 13.6 Å². The first kappa shape index (κ1) is 17.9. The van der Waals surface area contributed by atoms with Crippen LogP contribution in [-0.4, -0.2) is 28.7 Å². The average molecular weight is 323 g/mol. The largest absolute Gasteiger partial charge is 0.504 e. The van der Waals surface area contributed by atoms with Crippen LogP contribution >= 0.6 is 0 Å². The van der Waals surface area contributed by atoms with Gasteiger partial charge >= 0.3 is 0 Å². The van der Waals surface area contributed by atoms with E-state index in [-0.39, 0.29) is 16.9 Å². The second-order valence-electron chi connectivity index (χ2n) is 7.06. The molecule has 3 heteroatoms. The van der Waals surface area contributed by atoms with Crippen molar-refractivity contribution in [1.82, 2.24) is 4.90 Å². The Balaban J connectivity index is 2.13. The molecule has 0 amide bonds. The van der Waals surface area contributed by atoms with Crippen molar-refractivity contribution in [3.63, 3.8) is 0 Å². The van der Waals surface area contributed by atoms with E-state index in [9.17, 15) is 10.2 Å². The highest BCUT2D eigenvalue weighted by Gasteiger charge is 2.13. The van der Waals surface area contributed by atoms with Crippen LogP contribution in [0.15, 0.2) is 42.5 Å². The van der Waals surface area contributed by atoms with Gasteiger partial charge in [-0.15, -0.1) is 0 Å². The second-order valence-corrected chi connectivity index (χ2v) is 7.06. The van der Waals surface area contributed by atoms with Gasteiger partial charge in [-0.3, -0.25) is 4.90 Å². The van der Waals surface area contributed by atoms with Crippen LogP contribution < -0.4 is 0 Å². The lowest BCUT2D eigenvalue weighted by atomic mass is 9.98. The van der Waals surface area contributed by atoms with Gasteiger partial charge in [0.05, 0.1) is 0 Å². The summed E-state index contributed by atoms with van der Waals surface area (Å²) >= 11 is 0. The third kappa shape index (κ3) is 4.78. The molecule has 0 unspecified atom stereocenters. The van der Waals surface area contributed by atoms with Crippen molar-refractivity contribution in [3.8, 4) is 23.3 Å². The molecule has 24 heavy (non-hydrogen) atoms. The molecule has 2 rings (SSSR count). The van der Waals surface area contributed by atoms with Gasteiger partial charge in [-0.2, -0.15) is 0 Å². The van der Waals surface area contributed by atoms with Crippen molar-refractivity contribution >= 4 is 10.8 Å². The van der Waals surface area contributed by atoms with Gasteiger partial charge < -0.3 is 10.2 Å². The molecule has 126 valence electrons. The van der Waals surface area contributed by atoms with E-state index in [2.05, 4.69) is 37.5 Å². The molecule has 0 fully saturated rings. The summed E-state index contributed by atoms with van der Waals surface area (Å²) in [7, 11) is 1.97. The zero-order chi connectivity index (χ0) is 17.7. The van der Waals surface area contributed by atoms with Gasteiger partial charge in [-0.05, 0) is 50.7 Å². The Morgan fingerprint density at radius 1 is 1.17 bits per heavy atom. The van der Waals surface area contributed by atoms with Gasteiger partial charge in [0.2, 0.25) is 0 Å². The molecule has 2 N–H and O–H groups in total. The van der Waals surface area contributed by atoms with E-state index in [0.717, 1.165) is 16.3 Å². The van der Waals surface area contributed by atoms with Gasteiger partial charge in [-0.25, -0.2) is 0 Å². The molecular weight excluding hydrogens is 298 g/mol. The fourth-order valence-electron chi connectivity index (χ4n) is 2.44. The quantitative estimate of drug-likeness (QED) is 0.652. The first-order chi connectivity index (χ1) is 11.3. The van der Waals surface area contributed by atoms with E-state index >= 15 is 0 Å². The Labute approximate surface area is 144 Å². The van der Waals surface area contributed by atoms with E-state index in [0.29, 0.717) is 13.1 Å². The maximum atomic E-state index is 10.2. The minimum absolute atomic E-state index is 0.00249. The fraction of sp³-hybridized carbons (Fsp3) is 0.333. The van der Waals surface area contributed by atoms with Crippen molar-refractivity contribution in [2.45, 2.75) is 27.3 Å². The van der Waals surface area contributed by atoms with Gasteiger partial charge in [0.1, 0.15) is 0 Å². The maximum absolute atomic E-state index is 10.2. The lowest BCUT2D eigenvalue weighted by Crippen LogP contribution is -2.17. The van der Waals surface area contributed by atoms with Crippen molar-refractivity contribution in [1.29, 1.82) is 0 Å². The summed E-state index contributed by atoms with van der Waals surface area (Å²) < 4.78 is 0. The van der Waals surface area contributed by atoms with E-state index in [1.807, 2.05) is 43.5 Å². The summed E-state index contributed by atoms with van der Waals surface area (Å²) in [5, 5.41) is 22.0. The van der Waals surface area contributed by atoms with E-state index in [1.165, 1.54) is 0 Å². The molecule has 0 atom stereocenters. The number of hydrogen-bond donors (Lipinski definition) is 2. The Hall–Kier alpha value is -2.44. The lowest BCUT2D eigenvalue weighted by Gasteiger charge is -2.17. The van der Waals surface area contributed by atoms with Crippen LogP contribution in [0.3, 0.4) is 0 Å². The van der Waals surface area contributed by atoms with Crippen LogP contribution in [0.1, 0.15) is 26.3 Å². The second kappa shape index (κ2) is 7.42. The zero-order valence-electron chi connectivity index (χ0n) is 14.8. The predicted octanol–water partition coefficient (Wildman–Crippen LogP) is 4.29. The monoisotopic (exact) mass is 323 g/mol. The first-order valence-electron chi connectivity index (χ1n) is 8.07. The Morgan fingerprint density at radius 2 is 1.88 bits per heavy atom. The SMILES string of the molecule is CN(C/C=C/C#CC(C)(C)C)Cc1c(O)c(O)cc2ccccc12. The molecule has 0 radical (unpaired) electrons. The standard InChI is InChI=1S/C21H25NO2/c1-21(2,3)12-8-5-9-13-22(4)15-18-17-11-7-6-10-16(17)14-19(23)20(18)24/h5-7,9-11,14,23-24H,13,15H2,1-4H3/b9-5+. The number of phenols is 2. The highest BCUT2D eigenvalue weighted by molar-refractivity contribution is 5.89. The van der Waals surface area contributed by atoms with Crippen LogP contribution in [0.4, 0.5) is 0 Å². The van der Waals surface area contributed by atoms with Crippen LogP contribution in [0.5, 0.6) is 11.5 Å². The third-order valence-corrected chi connectivity index (χ3v) is 3.60. The van der Waals surface area contributed by atoms with Crippen LogP contribution in [-0.2, 0) is 6.54 Å². The molecule has 0 spiro atoms. The summed E-state index contributed by atoms with van der Waals surface area (Å²) in [5.74, 6) is 6.08. The summed E-state index contributed by atoms with van der Waals surface area (Å²) in [5.41, 5.74) is 0.741. The molecule has 0 saturated carbocycles. The molecule has 3 nitrogen and oxygen atoms in total. The molecule has 0 aliphatic rings. The number of hydrogen-bond acceptors (Lipinski definition) is 3. The number of phenolic OH excluding ortho intramolecular Hbond substituents is 2. The topological polar surface area (TPSA) is 43.7 Å². The van der Waals surface area contributed by atoms with Crippen molar-refractivity contribution in [2.24, 2.45) is 5.41 Å². The molecule has 0 aliphatic carbocycles. The number of fused-ring (bicyclic) bond motifs is 1. The molecular formula is C21H25NO2. The Morgan fingerprint density at radius 3 is 2.58 bits per heavy atom. The van der Waals surface area contributed by atoms with E-state index in [1.54, 1.807) is 6.07 Å². The zero-order valence-corrected chi connectivity index (χ0v) is 14.8. The molecule has 0 saturated heterocycles. The highest BCUT2D eigenvalue weighted by atomic mass is 16.3. The minimum Gasteiger partial charge on any atom is -0.504 e. The summed E-state index contributed by atoms with van der Waals surface area (Å²) in [6.45, 7) is 7.49. The Bertz CT molecular complexity index is 804. The van der Waals surface area contributed by atoms with E-state index < -0.39 is 0 Å². The number of aromatic hydroxyl groups is 2. The molecule has 2 aromatic rings. The molecule has 0 aromatic heterocycles.